The second-order valence-corrected chi connectivity index (χ2v) is 8.03. The van der Waals surface area contributed by atoms with Gasteiger partial charge in [-0.05, 0) is 69.2 Å². The normalized spacial score (nSPS) is 14.2. The number of ether oxygens (including phenoxy) is 1. The lowest BCUT2D eigenvalue weighted by Gasteiger charge is -2.32. The van der Waals surface area contributed by atoms with Crippen molar-refractivity contribution in [2.45, 2.75) is 32.7 Å². The van der Waals surface area contributed by atoms with Crippen LogP contribution in [-0.2, 0) is 0 Å². The molecule has 2 heterocycles. The van der Waals surface area contributed by atoms with E-state index in [1.807, 2.05) is 67.3 Å². The highest BCUT2D eigenvalue weighted by molar-refractivity contribution is 5.95. The van der Waals surface area contributed by atoms with Crippen molar-refractivity contribution >= 4 is 11.8 Å². The number of carbonyl (C=O) groups excluding carboxylic acids is 2. The highest BCUT2D eigenvalue weighted by Gasteiger charge is 2.26. The molecule has 0 spiro atoms. The molecule has 1 aliphatic heterocycles. The first kappa shape index (κ1) is 21.6. The summed E-state index contributed by atoms with van der Waals surface area (Å²) < 4.78 is 5.47. The van der Waals surface area contributed by atoms with E-state index in [1.165, 1.54) is 0 Å². The number of hydrogen-bond donors (Lipinski definition) is 2. The lowest BCUT2D eigenvalue weighted by atomic mass is 10.0. The maximum atomic E-state index is 12.9. The van der Waals surface area contributed by atoms with E-state index in [-0.39, 0.29) is 17.9 Å². The lowest BCUT2D eigenvalue weighted by molar-refractivity contribution is 0.0692. The number of aromatic amines is 1. The third-order valence-electron chi connectivity index (χ3n) is 5.70. The number of amides is 2. The van der Waals surface area contributed by atoms with Crippen LogP contribution in [0.4, 0.5) is 0 Å². The zero-order valence-electron chi connectivity index (χ0n) is 18.4. The largest absolute Gasteiger partial charge is 0.494 e. The van der Waals surface area contributed by atoms with E-state index in [9.17, 15) is 9.59 Å². The second-order valence-electron chi connectivity index (χ2n) is 8.03. The summed E-state index contributed by atoms with van der Waals surface area (Å²) in [7, 11) is 0. The van der Waals surface area contributed by atoms with Gasteiger partial charge < -0.3 is 15.0 Å². The van der Waals surface area contributed by atoms with E-state index in [0.29, 0.717) is 31.0 Å². The Bertz CT molecular complexity index is 1070. The average molecular weight is 433 g/mol. The SMILES string of the molecule is CCOc1ccc(-c2cc(C(=O)N3CCC(NC(=O)c4ccc(C)cc4)CC3)[nH]n2)cc1. The zero-order chi connectivity index (χ0) is 22.5. The Morgan fingerprint density at radius 2 is 1.78 bits per heavy atom. The molecule has 2 N–H and O–H groups in total. The first-order valence-corrected chi connectivity index (χ1v) is 11.0. The van der Waals surface area contributed by atoms with Gasteiger partial charge in [0.05, 0.1) is 12.3 Å². The van der Waals surface area contributed by atoms with Gasteiger partial charge in [-0.25, -0.2) is 0 Å². The molecular formula is C25H28N4O3. The quantitative estimate of drug-likeness (QED) is 0.620. The van der Waals surface area contributed by atoms with Gasteiger partial charge in [0.25, 0.3) is 11.8 Å². The number of piperidine rings is 1. The second kappa shape index (κ2) is 9.68. The lowest BCUT2D eigenvalue weighted by Crippen LogP contribution is -2.46. The van der Waals surface area contributed by atoms with E-state index in [0.717, 1.165) is 35.4 Å². The Balaban J connectivity index is 1.31. The fourth-order valence-corrected chi connectivity index (χ4v) is 3.84. The maximum Gasteiger partial charge on any atom is 0.271 e. The van der Waals surface area contributed by atoms with E-state index in [4.69, 9.17) is 4.74 Å². The van der Waals surface area contributed by atoms with Gasteiger partial charge >= 0.3 is 0 Å². The molecule has 1 aromatic heterocycles. The molecule has 1 saturated heterocycles. The molecule has 3 aromatic rings. The highest BCUT2D eigenvalue weighted by atomic mass is 16.5. The number of hydrogen-bond acceptors (Lipinski definition) is 4. The number of aromatic nitrogens is 2. The summed E-state index contributed by atoms with van der Waals surface area (Å²) in [5, 5.41) is 10.3. The van der Waals surface area contributed by atoms with Gasteiger partial charge in [0, 0.05) is 30.3 Å². The van der Waals surface area contributed by atoms with Crippen LogP contribution in [0.3, 0.4) is 0 Å². The summed E-state index contributed by atoms with van der Waals surface area (Å²) in [4.78, 5) is 27.2. The minimum atomic E-state index is -0.0713. The fraction of sp³-hybridized carbons (Fsp3) is 0.320. The predicted molar refractivity (Wildman–Crippen MR) is 123 cm³/mol. The molecule has 7 nitrogen and oxygen atoms in total. The van der Waals surface area contributed by atoms with Crippen molar-refractivity contribution in [2.75, 3.05) is 19.7 Å². The third kappa shape index (κ3) is 4.99. The minimum Gasteiger partial charge on any atom is -0.494 e. The fourth-order valence-electron chi connectivity index (χ4n) is 3.84. The van der Waals surface area contributed by atoms with Crippen molar-refractivity contribution in [2.24, 2.45) is 0 Å². The summed E-state index contributed by atoms with van der Waals surface area (Å²) in [5.74, 6) is 0.668. The summed E-state index contributed by atoms with van der Waals surface area (Å²) in [6, 6.07) is 17.0. The van der Waals surface area contributed by atoms with Crippen LogP contribution in [0, 0.1) is 6.92 Å². The van der Waals surface area contributed by atoms with E-state index >= 15 is 0 Å². The molecule has 1 fully saturated rings. The number of rotatable bonds is 6. The first-order valence-electron chi connectivity index (χ1n) is 11.0. The van der Waals surface area contributed by atoms with E-state index in [1.54, 1.807) is 6.07 Å². The summed E-state index contributed by atoms with van der Waals surface area (Å²) >= 11 is 0. The van der Waals surface area contributed by atoms with Gasteiger partial charge in [0.2, 0.25) is 0 Å². The standard InChI is InChI=1S/C25H28N4O3/c1-3-32-21-10-8-18(9-11-21)22-16-23(28-27-22)25(31)29-14-12-20(13-15-29)26-24(30)19-6-4-17(2)5-7-19/h4-11,16,20H,3,12-15H2,1-2H3,(H,26,30)(H,27,28). The molecule has 0 bridgehead atoms. The van der Waals surface area contributed by atoms with Gasteiger partial charge in [-0.2, -0.15) is 5.10 Å². The number of nitrogens with zero attached hydrogens (tertiary/aromatic N) is 2. The van der Waals surface area contributed by atoms with Crippen LogP contribution >= 0.6 is 0 Å². The van der Waals surface area contributed by atoms with Crippen LogP contribution in [0.2, 0.25) is 0 Å². The van der Waals surface area contributed by atoms with Crippen LogP contribution in [0.15, 0.2) is 54.6 Å². The monoisotopic (exact) mass is 432 g/mol. The van der Waals surface area contributed by atoms with E-state index in [2.05, 4.69) is 15.5 Å². The third-order valence-corrected chi connectivity index (χ3v) is 5.70. The Hall–Kier alpha value is -3.61. The molecule has 4 rings (SSSR count). The number of carbonyl (C=O) groups is 2. The molecule has 7 heteroatoms. The number of nitrogens with one attached hydrogen (secondary N) is 2. The molecular weight excluding hydrogens is 404 g/mol. The highest BCUT2D eigenvalue weighted by Crippen LogP contribution is 2.22. The molecule has 166 valence electrons. The molecule has 0 radical (unpaired) electrons. The van der Waals surface area contributed by atoms with Crippen LogP contribution in [0.5, 0.6) is 5.75 Å². The summed E-state index contributed by atoms with van der Waals surface area (Å²) in [5.41, 5.74) is 3.89. The topological polar surface area (TPSA) is 87.3 Å². The van der Waals surface area contributed by atoms with Gasteiger partial charge in [0.15, 0.2) is 0 Å². The van der Waals surface area contributed by atoms with Gasteiger partial charge in [-0.15, -0.1) is 0 Å². The van der Waals surface area contributed by atoms with Crippen LogP contribution in [0.1, 0.15) is 46.2 Å². The van der Waals surface area contributed by atoms with Gasteiger partial charge in [-0.3, -0.25) is 14.7 Å². The number of benzene rings is 2. The van der Waals surface area contributed by atoms with Crippen LogP contribution < -0.4 is 10.1 Å². The predicted octanol–water partition coefficient (Wildman–Crippen LogP) is 3.82. The summed E-state index contributed by atoms with van der Waals surface area (Å²) in [6.07, 6.45) is 1.45. The minimum absolute atomic E-state index is 0.0639. The van der Waals surface area contributed by atoms with Crippen molar-refractivity contribution in [1.82, 2.24) is 20.4 Å². The smallest absolute Gasteiger partial charge is 0.271 e. The van der Waals surface area contributed by atoms with Crippen molar-refractivity contribution in [3.8, 4) is 17.0 Å². The van der Waals surface area contributed by atoms with E-state index < -0.39 is 0 Å². The summed E-state index contributed by atoms with van der Waals surface area (Å²) in [6.45, 7) is 5.74. The molecule has 1 aliphatic rings. The Kier molecular flexibility index (Phi) is 6.54. The van der Waals surface area contributed by atoms with Gasteiger partial charge in [-0.1, -0.05) is 17.7 Å². The molecule has 32 heavy (non-hydrogen) atoms. The van der Waals surface area contributed by atoms with Crippen molar-refractivity contribution < 1.29 is 14.3 Å². The molecule has 0 atom stereocenters. The molecule has 0 aliphatic carbocycles. The van der Waals surface area contributed by atoms with Crippen molar-refractivity contribution in [3.63, 3.8) is 0 Å². The Morgan fingerprint density at radius 3 is 2.44 bits per heavy atom. The first-order chi connectivity index (χ1) is 15.5. The van der Waals surface area contributed by atoms with Crippen molar-refractivity contribution in [3.05, 3.63) is 71.4 Å². The Labute approximate surface area is 187 Å². The van der Waals surface area contributed by atoms with Crippen LogP contribution in [0.25, 0.3) is 11.3 Å². The van der Waals surface area contributed by atoms with Gasteiger partial charge in [0.1, 0.15) is 11.4 Å². The molecule has 0 saturated carbocycles. The van der Waals surface area contributed by atoms with Crippen LogP contribution in [-0.4, -0.2) is 52.6 Å². The molecule has 0 unspecified atom stereocenters. The molecule has 2 amide bonds. The number of aryl methyl sites for hydroxylation is 1. The number of likely N-dealkylation sites (tertiary alicyclic amines) is 1. The average Bonchev–Trinajstić information content (AvgIpc) is 3.30. The maximum absolute atomic E-state index is 12.9. The number of H-pyrrole nitrogens is 1. The zero-order valence-corrected chi connectivity index (χ0v) is 18.4. The molecule has 2 aromatic carbocycles. The van der Waals surface area contributed by atoms with Crippen molar-refractivity contribution in [1.29, 1.82) is 0 Å². The Morgan fingerprint density at radius 1 is 1.09 bits per heavy atom.